The molecular formula is C49H65N7O5S. The number of cyclic esters (lactones) is 1. The molecule has 5 aliphatic rings. The van der Waals surface area contributed by atoms with E-state index in [1.807, 2.05) is 6.92 Å². The first-order valence-corrected chi connectivity index (χ1v) is 24.1. The van der Waals surface area contributed by atoms with Crippen molar-refractivity contribution in [2.24, 2.45) is 23.2 Å². The van der Waals surface area contributed by atoms with Crippen molar-refractivity contribution in [3.63, 3.8) is 0 Å². The predicted octanol–water partition coefficient (Wildman–Crippen LogP) is 7.66. The van der Waals surface area contributed by atoms with Crippen LogP contribution in [0.5, 0.6) is 0 Å². The summed E-state index contributed by atoms with van der Waals surface area (Å²) < 4.78 is 14.6. The summed E-state index contributed by atoms with van der Waals surface area (Å²) in [5.74, 6) is -0.172. The Kier molecular flexibility index (Phi) is 11.9. The summed E-state index contributed by atoms with van der Waals surface area (Å²) in [5.41, 5.74) is 11.7. The molecule has 4 aliphatic heterocycles. The molecule has 6 bridgehead atoms. The maximum absolute atomic E-state index is 14.4. The van der Waals surface area contributed by atoms with Gasteiger partial charge in [-0.1, -0.05) is 54.5 Å². The highest BCUT2D eigenvalue weighted by Crippen LogP contribution is 2.46. The van der Waals surface area contributed by atoms with Gasteiger partial charge in [0, 0.05) is 76.5 Å². The number of ether oxygens (including phenoxy) is 2. The number of hydrazine groups is 1. The number of morpholine rings is 1. The predicted molar refractivity (Wildman–Crippen MR) is 243 cm³/mol. The minimum atomic E-state index is -0.861. The molecule has 8 atom stereocenters. The molecule has 0 radical (unpaired) electrons. The lowest BCUT2D eigenvalue weighted by molar-refractivity contribution is -0.155. The fourth-order valence-corrected chi connectivity index (χ4v) is 11.7. The van der Waals surface area contributed by atoms with Crippen molar-refractivity contribution in [2.75, 3.05) is 39.5 Å². The van der Waals surface area contributed by atoms with Crippen LogP contribution in [0.1, 0.15) is 121 Å². The van der Waals surface area contributed by atoms with Crippen LogP contribution < -0.4 is 10.7 Å². The SMILES string of the molecule is CCn1c(-c2cc([C@@H]3CCN4CCOC[C@@H]4C3)cnc2C(C)C)c2c3cc(ccc31)-c1csc(n1)[C@@H](C)[C@H](NC(=O)[C@H]1[C@H](C)[C@@H]1C)C(=O)N1CCC[C@H](N1)C(=O)OCC(C)(C)C2. The van der Waals surface area contributed by atoms with Gasteiger partial charge < -0.3 is 19.4 Å². The topological polar surface area (TPSA) is 131 Å². The van der Waals surface area contributed by atoms with Crippen LogP contribution in [0, 0.1) is 23.2 Å². The van der Waals surface area contributed by atoms with Gasteiger partial charge in [0.25, 0.3) is 5.91 Å². The monoisotopic (exact) mass is 863 g/mol. The minimum Gasteiger partial charge on any atom is -0.464 e. The molecule has 2 N–H and O–H groups in total. The van der Waals surface area contributed by atoms with Crippen molar-refractivity contribution < 1.29 is 23.9 Å². The number of thiazole rings is 1. The lowest BCUT2D eigenvalue weighted by Crippen LogP contribution is -2.61. The number of esters is 1. The fourth-order valence-electron chi connectivity index (χ4n) is 10.8. The number of fused-ring (bicyclic) bond motifs is 7. The average molecular weight is 864 g/mol. The van der Waals surface area contributed by atoms with Crippen LogP contribution in [0.25, 0.3) is 33.4 Å². The van der Waals surface area contributed by atoms with Crippen molar-refractivity contribution in [2.45, 2.75) is 130 Å². The van der Waals surface area contributed by atoms with E-state index in [0.29, 0.717) is 37.8 Å². The summed E-state index contributed by atoms with van der Waals surface area (Å²) in [6, 6.07) is 8.00. The number of nitrogens with zero attached hydrogens (tertiary/aromatic N) is 5. The van der Waals surface area contributed by atoms with Gasteiger partial charge in [0.2, 0.25) is 5.91 Å². The summed E-state index contributed by atoms with van der Waals surface area (Å²) in [5, 5.41) is 8.67. The van der Waals surface area contributed by atoms with Gasteiger partial charge in [-0.05, 0) is 98.6 Å². The quantitative estimate of drug-likeness (QED) is 0.188. The van der Waals surface area contributed by atoms with E-state index in [1.165, 1.54) is 38.7 Å². The van der Waals surface area contributed by atoms with E-state index in [0.717, 1.165) is 78.6 Å². The number of aryl methyl sites for hydroxylation is 1. The third-order valence-corrected chi connectivity index (χ3v) is 15.8. The Hall–Kier alpha value is -4.17. The number of benzene rings is 1. The number of amides is 2. The number of rotatable bonds is 6. The molecule has 7 heterocycles. The number of hydrogen-bond acceptors (Lipinski definition) is 10. The highest BCUT2D eigenvalue weighted by atomic mass is 32.1. The molecule has 0 spiro atoms. The number of hydrogen-bond donors (Lipinski definition) is 2. The maximum Gasteiger partial charge on any atom is 0.324 e. The zero-order valence-electron chi connectivity index (χ0n) is 37.8. The van der Waals surface area contributed by atoms with E-state index in [1.54, 1.807) is 0 Å². The smallest absolute Gasteiger partial charge is 0.324 e. The first-order valence-electron chi connectivity index (χ1n) is 23.2. The van der Waals surface area contributed by atoms with Gasteiger partial charge in [-0.3, -0.25) is 29.3 Å². The summed E-state index contributed by atoms with van der Waals surface area (Å²) in [4.78, 5) is 55.1. The Morgan fingerprint density at radius 3 is 2.65 bits per heavy atom. The van der Waals surface area contributed by atoms with Gasteiger partial charge in [0.05, 0.1) is 41.9 Å². The van der Waals surface area contributed by atoms with Crippen molar-refractivity contribution in [1.82, 2.24) is 35.2 Å². The summed E-state index contributed by atoms with van der Waals surface area (Å²) >= 11 is 1.52. The van der Waals surface area contributed by atoms with E-state index < -0.39 is 23.4 Å². The van der Waals surface area contributed by atoms with E-state index in [2.05, 4.69) is 105 Å². The summed E-state index contributed by atoms with van der Waals surface area (Å²) in [6.07, 6.45) is 6.14. The van der Waals surface area contributed by atoms with Gasteiger partial charge in [0.1, 0.15) is 12.1 Å². The second kappa shape index (κ2) is 17.1. The van der Waals surface area contributed by atoms with Crippen molar-refractivity contribution in [3.8, 4) is 22.5 Å². The third-order valence-electron chi connectivity index (χ3n) is 14.8. The molecule has 332 valence electrons. The Morgan fingerprint density at radius 1 is 1.08 bits per heavy atom. The molecule has 13 heteroatoms. The summed E-state index contributed by atoms with van der Waals surface area (Å²) in [6.45, 7) is 22.2. The molecule has 3 aromatic heterocycles. The Bertz CT molecular complexity index is 2340. The number of carbonyl (C=O) groups is 3. The lowest BCUT2D eigenvalue weighted by atomic mass is 9.82. The molecule has 1 saturated carbocycles. The van der Waals surface area contributed by atoms with Gasteiger partial charge in [-0.25, -0.2) is 10.4 Å². The fraction of sp³-hybridized carbons (Fsp3) is 0.612. The second-order valence-electron chi connectivity index (χ2n) is 20.0. The van der Waals surface area contributed by atoms with E-state index in [9.17, 15) is 14.4 Å². The van der Waals surface area contributed by atoms with Crippen LogP contribution in [-0.4, -0.2) is 99.8 Å². The zero-order chi connectivity index (χ0) is 43.6. The Morgan fingerprint density at radius 2 is 1.89 bits per heavy atom. The highest BCUT2D eigenvalue weighted by molar-refractivity contribution is 7.10. The van der Waals surface area contributed by atoms with Gasteiger partial charge in [0.15, 0.2) is 0 Å². The minimum absolute atomic E-state index is 0.107. The summed E-state index contributed by atoms with van der Waals surface area (Å²) in [7, 11) is 0. The molecule has 1 aliphatic carbocycles. The number of aromatic nitrogens is 3. The molecular weight excluding hydrogens is 799 g/mol. The van der Waals surface area contributed by atoms with Crippen LogP contribution in [0.4, 0.5) is 0 Å². The van der Waals surface area contributed by atoms with E-state index in [-0.39, 0.29) is 48.1 Å². The molecule has 4 aromatic rings. The highest BCUT2D eigenvalue weighted by Gasteiger charge is 2.50. The molecule has 4 fully saturated rings. The van der Waals surface area contributed by atoms with Gasteiger partial charge in [-0.2, -0.15) is 0 Å². The van der Waals surface area contributed by atoms with Crippen molar-refractivity contribution in [3.05, 3.63) is 57.7 Å². The molecule has 12 nitrogen and oxygen atoms in total. The Labute approximate surface area is 370 Å². The normalized spacial score (nSPS) is 29.3. The van der Waals surface area contributed by atoms with E-state index in [4.69, 9.17) is 19.4 Å². The lowest BCUT2D eigenvalue weighted by Gasteiger charge is -2.42. The second-order valence-corrected chi connectivity index (χ2v) is 20.9. The van der Waals surface area contributed by atoms with Crippen LogP contribution in [0.3, 0.4) is 0 Å². The van der Waals surface area contributed by atoms with Crippen molar-refractivity contribution in [1.29, 1.82) is 0 Å². The molecule has 2 amide bonds. The first kappa shape index (κ1) is 43.1. The average Bonchev–Trinajstić information content (AvgIpc) is 3.55. The van der Waals surface area contributed by atoms with Gasteiger partial charge >= 0.3 is 5.97 Å². The van der Waals surface area contributed by atoms with Crippen molar-refractivity contribution >= 4 is 40.0 Å². The zero-order valence-corrected chi connectivity index (χ0v) is 38.6. The van der Waals surface area contributed by atoms with Gasteiger partial charge in [-0.15, -0.1) is 11.3 Å². The number of carbonyl (C=O) groups excluding carboxylic acids is 3. The number of pyridine rings is 1. The largest absolute Gasteiger partial charge is 0.464 e. The molecule has 3 saturated heterocycles. The standard InChI is InChI=1S/C49H65N7O5S/c1-9-55-40-13-12-32-20-35(40)37(44(55)36-21-33(23-50-42(36)27(2)3)31-14-16-54-17-18-60-24-34(54)19-31)22-49(7,8)26-61-48(59)38-11-10-15-56(53-38)47(58)43(30(6)46-51-39(32)25-62-46)52-45(57)41-28(4)29(41)5/h12-13,20-21,23,25,27-31,34,38,41,43,53H,9-11,14-19,22,24,26H2,1-8H3,(H,52,57)/t28-,29+,30-,31+,34-,38-,41+,43-/m0/s1. The van der Waals surface area contributed by atoms with Crippen LogP contribution in [0.2, 0.25) is 0 Å². The van der Waals surface area contributed by atoms with Crippen LogP contribution in [-0.2, 0) is 36.8 Å². The molecule has 62 heavy (non-hydrogen) atoms. The van der Waals surface area contributed by atoms with Crippen LogP contribution in [0.15, 0.2) is 35.8 Å². The van der Waals surface area contributed by atoms with Crippen LogP contribution >= 0.6 is 11.3 Å². The first-order chi connectivity index (χ1) is 29.7. The number of piperidine rings is 1. The molecule has 0 unspecified atom stereocenters. The number of nitrogens with one attached hydrogen (secondary N) is 2. The molecule has 9 rings (SSSR count). The maximum atomic E-state index is 14.4. The Balaban J connectivity index is 1.16. The third kappa shape index (κ3) is 8.11. The van der Waals surface area contributed by atoms with E-state index >= 15 is 0 Å². The molecule has 1 aromatic carbocycles.